The molecule has 6 aromatic rings. The summed E-state index contributed by atoms with van der Waals surface area (Å²) < 4.78 is 0. The molecule has 0 unspecified atom stereocenters. The van der Waals surface area contributed by atoms with Gasteiger partial charge in [-0.2, -0.15) is 0 Å². The predicted octanol–water partition coefficient (Wildman–Crippen LogP) is -3.47. The normalized spacial score (nSPS) is 16.7. The Kier molecular flexibility index (Phi) is 40.8. The van der Waals surface area contributed by atoms with Crippen LogP contribution in [-0.2, 0) is 81.6 Å². The minimum atomic E-state index is -1.51. The van der Waals surface area contributed by atoms with Gasteiger partial charge < -0.3 is 155 Å². The maximum absolute atomic E-state index is 15.9. The van der Waals surface area contributed by atoms with E-state index < -0.39 is 167 Å². The molecule has 0 bridgehead atoms. The highest BCUT2D eigenvalue weighted by Crippen LogP contribution is 2.29. The number of guanidine groups is 6. The SMILES string of the molecule is CC(C)C[C@H](NC(=O)[C@@H](N)CCCNC(=N)N)C(=O)N1CCC[C@H]1C(=O)N[C@@H](Cc1c[nH]c2ccccc12)C(=O)N[C@@H](CCCNC(=N)N)C(=O)N[C@@H](Cc1c[nH]c2ccccc12)C(=O)N1CCC[C@H]1C(=O)N[C@@H](CCCNC(=N)N)C(=O)N[C@@H](CCCNC(=N)N)C(=O)N1CCC[C@H]1C(=O)N[C@@H](Cc1c[nH]c2ccccc12)C(=O)N[C@@H](CCCNC(=N)N)C(=O)N[C@@H](CCCNC(=N)N)C(=O)O. The molecule has 12 amide bonds. The van der Waals surface area contributed by atoms with Crippen LogP contribution in [0, 0.1) is 38.4 Å². The molecule has 3 aromatic carbocycles. The van der Waals surface area contributed by atoms with E-state index in [-0.39, 0.29) is 217 Å². The van der Waals surface area contributed by atoms with Crippen LogP contribution in [0.1, 0.15) is 153 Å². The number of likely N-dealkylation sites (tertiary alicyclic amines) is 3. The minimum Gasteiger partial charge on any atom is -0.480 e. The molecule has 48 heteroatoms. The summed E-state index contributed by atoms with van der Waals surface area (Å²) in [5.74, 6) is -13.1. The van der Waals surface area contributed by atoms with E-state index >= 15 is 43.2 Å². The van der Waals surface area contributed by atoms with Crippen LogP contribution in [0.3, 0.4) is 0 Å². The number of aromatic nitrogens is 3. The van der Waals surface area contributed by atoms with E-state index in [1.165, 1.54) is 14.7 Å². The highest BCUT2D eigenvalue weighted by Gasteiger charge is 2.45. The van der Waals surface area contributed by atoms with Gasteiger partial charge in [0.1, 0.15) is 72.5 Å². The molecule has 3 aromatic heterocycles. The predicted molar refractivity (Wildman–Crippen MR) is 518 cm³/mol. The van der Waals surface area contributed by atoms with Gasteiger partial charge in [-0.05, 0) is 163 Å². The van der Waals surface area contributed by atoms with Crippen LogP contribution in [0.5, 0.6) is 0 Å². The van der Waals surface area contributed by atoms with Gasteiger partial charge in [-0.1, -0.05) is 68.4 Å². The van der Waals surface area contributed by atoms with Crippen molar-refractivity contribution < 1.29 is 67.4 Å². The van der Waals surface area contributed by atoms with Gasteiger partial charge in [0.25, 0.3) is 0 Å². The van der Waals surface area contributed by atoms with Crippen molar-refractivity contribution in [3.05, 3.63) is 108 Å². The second-order valence-electron chi connectivity index (χ2n) is 35.3. The molecule has 0 spiro atoms. The Hall–Kier alpha value is -15.0. The topological polar surface area (TPSA) is 805 Å². The Balaban J connectivity index is 0.970. The number of carboxylic acid groups (broad SMARTS) is 1. The fourth-order valence-corrected chi connectivity index (χ4v) is 17.5. The molecule has 0 saturated carbocycles. The zero-order valence-corrected chi connectivity index (χ0v) is 77.8. The van der Waals surface area contributed by atoms with Gasteiger partial charge in [-0.3, -0.25) is 90.0 Å². The van der Waals surface area contributed by atoms with E-state index in [4.69, 9.17) is 72.6 Å². The number of aliphatic carboxylic acids is 1. The van der Waals surface area contributed by atoms with Crippen LogP contribution in [0.25, 0.3) is 32.7 Å². The van der Waals surface area contributed by atoms with E-state index in [1.54, 1.807) is 61.1 Å². The van der Waals surface area contributed by atoms with Crippen LogP contribution in [0.15, 0.2) is 91.4 Å². The molecular weight excluding hydrogens is 1780 g/mol. The number of rotatable bonds is 54. The van der Waals surface area contributed by atoms with E-state index in [0.717, 1.165) is 0 Å². The number of para-hydroxylation sites is 3. The fraction of sp³-hybridized carbons (Fsp3) is 0.522. The average Bonchev–Trinajstić information content (AvgIpc) is 1.64. The zero-order chi connectivity index (χ0) is 100. The van der Waals surface area contributed by atoms with Crippen molar-refractivity contribution >= 4 is 145 Å². The average molecular weight is 1920 g/mol. The quantitative estimate of drug-likeness (QED) is 0.0100. The second-order valence-corrected chi connectivity index (χ2v) is 35.3. The first kappa shape index (κ1) is 107. The molecule has 48 nitrogen and oxygen atoms in total. The standard InChI is InChI=1S/C90H136N34O14/c1-49(2)42-67(120-72(125)56(91)21-9-33-104-85(92)93)82(135)123-40-17-32-71(123)80(133)119-66(44-51-47-111-58-23-7-4-19-54(51)58)77(130)114-61(26-11-35-106-87(96)97)75(128)121-68(45-52-48-112-59-24-8-5-20-55(52)59)83(136)124-41-16-30-69(124)78(131)115-62(27-12-36-107-88(98)99)73(126)116-63(28-13-37-108-89(100)101)81(134)122-39-15-31-70(122)79(132)118-65(43-50-46-110-57-22-6-3-18-53(50)57)76(129)113-60(25-10-34-105-86(94)95)74(127)117-64(84(137)138)29-14-38-109-90(102)103/h3-8,18-20,22-24,46-49,56,60-71,110-112H,9-17,21,25-45,91H2,1-2H3,(H,113,129)(H,114,130)(H,115,131)(H,116,126)(H,117,127)(H,118,132)(H,119,133)(H,120,125)(H,121,128)(H,137,138)(H4,92,93,104)(H4,94,95,105)(H4,96,97,106)(H4,98,99,107)(H4,100,101,108)(H4,102,103,109)/t56-,60-,61-,62-,63-,64-,65-,66-,67-,68-,69-,70-,71-/m0/s1. The Morgan fingerprint density at radius 3 is 0.949 bits per heavy atom. The summed E-state index contributed by atoms with van der Waals surface area (Å²) in [4.78, 5) is 207. The smallest absolute Gasteiger partial charge is 0.326 e. The van der Waals surface area contributed by atoms with Gasteiger partial charge in [-0.15, -0.1) is 0 Å². The molecular formula is C90H136N34O14. The highest BCUT2D eigenvalue weighted by molar-refractivity contribution is 6.02. The number of amides is 12. The molecule has 9 rings (SSSR count). The number of hydrogen-bond donors (Lipinski definition) is 32. The Labute approximate surface area is 797 Å². The Bertz CT molecular complexity index is 5310. The summed E-state index contributed by atoms with van der Waals surface area (Å²) in [6, 6.07) is 3.92. The van der Waals surface area contributed by atoms with Crippen LogP contribution in [-0.4, -0.2) is 285 Å². The summed E-state index contributed by atoms with van der Waals surface area (Å²) in [5.41, 5.74) is 43.6. The maximum Gasteiger partial charge on any atom is 0.326 e. The third-order valence-corrected chi connectivity index (χ3v) is 24.4. The summed E-state index contributed by atoms with van der Waals surface area (Å²) in [5, 5.41) is 99.8. The van der Waals surface area contributed by atoms with Gasteiger partial charge in [0.2, 0.25) is 70.9 Å². The molecule has 3 aliphatic rings. The van der Waals surface area contributed by atoms with E-state index in [1.807, 2.05) is 44.2 Å². The van der Waals surface area contributed by atoms with Crippen LogP contribution < -0.4 is 120 Å². The minimum absolute atomic E-state index is 0.0151. The molecule has 138 heavy (non-hydrogen) atoms. The lowest BCUT2D eigenvalue weighted by atomic mass is 10.0. The number of carboxylic acids is 1. The number of carbonyl (C=O) groups is 13. The van der Waals surface area contributed by atoms with Crippen molar-refractivity contribution in [1.29, 1.82) is 32.5 Å². The molecule has 0 radical (unpaired) electrons. The molecule has 3 fully saturated rings. The van der Waals surface area contributed by atoms with E-state index in [2.05, 4.69) is 94.7 Å². The van der Waals surface area contributed by atoms with Gasteiger partial charge in [-0.25, -0.2) is 4.79 Å². The van der Waals surface area contributed by atoms with Gasteiger partial charge in [0.05, 0.1) is 6.04 Å². The second kappa shape index (κ2) is 52.7. The van der Waals surface area contributed by atoms with E-state index in [9.17, 15) is 24.3 Å². The molecule has 0 aliphatic carbocycles. The molecule has 3 saturated heterocycles. The van der Waals surface area contributed by atoms with Crippen molar-refractivity contribution in [3.63, 3.8) is 0 Å². The molecule has 750 valence electrons. The van der Waals surface area contributed by atoms with Crippen molar-refractivity contribution in [1.82, 2.24) is 109 Å². The van der Waals surface area contributed by atoms with Crippen LogP contribution in [0.2, 0.25) is 0 Å². The lowest BCUT2D eigenvalue weighted by Crippen LogP contribution is -2.61. The maximum atomic E-state index is 15.9. The number of fused-ring (bicyclic) bond motifs is 3. The summed E-state index contributed by atoms with van der Waals surface area (Å²) in [7, 11) is 0. The number of H-pyrrole nitrogens is 3. The fourth-order valence-electron chi connectivity index (χ4n) is 17.5. The van der Waals surface area contributed by atoms with Crippen molar-refractivity contribution in [2.24, 2.45) is 46.1 Å². The number of nitrogens with one attached hydrogen (secondary N) is 24. The number of carbonyl (C=O) groups excluding carboxylic acids is 12. The molecule has 39 N–H and O–H groups in total. The van der Waals surface area contributed by atoms with Gasteiger partial charge >= 0.3 is 5.97 Å². The summed E-state index contributed by atoms with van der Waals surface area (Å²) in [6.07, 6.45) is 6.19. The van der Waals surface area contributed by atoms with Gasteiger partial charge in [0.15, 0.2) is 35.8 Å². The molecule has 6 heterocycles. The van der Waals surface area contributed by atoms with Crippen molar-refractivity contribution in [2.45, 2.75) is 234 Å². The number of hydrogen-bond acceptors (Lipinski definition) is 20. The first-order valence-electron chi connectivity index (χ1n) is 46.7. The van der Waals surface area contributed by atoms with E-state index in [0.29, 0.717) is 62.2 Å². The number of benzene rings is 3. The number of nitrogens with zero attached hydrogens (tertiary/aromatic N) is 3. The Morgan fingerprint density at radius 2 is 0.609 bits per heavy atom. The van der Waals surface area contributed by atoms with Crippen LogP contribution in [0.4, 0.5) is 0 Å². The zero-order valence-electron chi connectivity index (χ0n) is 77.8. The lowest BCUT2D eigenvalue weighted by Gasteiger charge is -2.32. The highest BCUT2D eigenvalue weighted by atomic mass is 16.4. The molecule has 3 aliphatic heterocycles. The largest absolute Gasteiger partial charge is 0.480 e. The van der Waals surface area contributed by atoms with Crippen LogP contribution >= 0.6 is 0 Å². The third-order valence-electron chi connectivity index (χ3n) is 24.4. The first-order chi connectivity index (χ1) is 65.9. The number of nitrogens with two attached hydrogens (primary N) is 7. The Morgan fingerprint density at radius 1 is 0.348 bits per heavy atom. The first-order valence-corrected chi connectivity index (χ1v) is 46.7. The third kappa shape index (κ3) is 32.1. The monoisotopic (exact) mass is 1920 g/mol. The van der Waals surface area contributed by atoms with Gasteiger partial charge in [0, 0.05) is 129 Å². The summed E-state index contributed by atoms with van der Waals surface area (Å²) in [6.45, 7) is 4.32. The lowest BCUT2D eigenvalue weighted by molar-refractivity contribution is -0.143. The van der Waals surface area contributed by atoms with Crippen molar-refractivity contribution in [3.8, 4) is 0 Å². The summed E-state index contributed by atoms with van der Waals surface area (Å²) >= 11 is 0. The number of aromatic amines is 3. The molecule has 13 atom stereocenters. The van der Waals surface area contributed by atoms with Crippen molar-refractivity contribution in [2.75, 3.05) is 58.9 Å².